The van der Waals surface area contributed by atoms with Crippen molar-refractivity contribution in [2.45, 2.75) is 13.8 Å². The van der Waals surface area contributed by atoms with Crippen LogP contribution in [0, 0.1) is 17.0 Å². The molecule has 118 valence electrons. The number of aryl methyl sites for hydroxylation is 1. The van der Waals surface area contributed by atoms with Gasteiger partial charge in [-0.3, -0.25) is 19.9 Å². The van der Waals surface area contributed by atoms with Gasteiger partial charge in [-0.1, -0.05) is 0 Å². The van der Waals surface area contributed by atoms with Crippen molar-refractivity contribution in [2.75, 3.05) is 5.32 Å². The van der Waals surface area contributed by atoms with Crippen LogP contribution >= 0.6 is 12.2 Å². The first-order chi connectivity index (χ1) is 10.8. The number of nitro groups is 1. The van der Waals surface area contributed by atoms with Crippen molar-refractivity contribution in [2.24, 2.45) is 4.99 Å². The lowest BCUT2D eigenvalue weighted by atomic mass is 10.1. The van der Waals surface area contributed by atoms with E-state index < -0.39 is 4.92 Å². The van der Waals surface area contributed by atoms with E-state index in [0.717, 1.165) is 0 Å². The third kappa shape index (κ3) is 4.51. The molecule has 0 radical (unpaired) electrons. The highest BCUT2D eigenvalue weighted by Gasteiger charge is 2.06. The van der Waals surface area contributed by atoms with Crippen LogP contribution in [0.15, 0.2) is 40.1 Å². The summed E-state index contributed by atoms with van der Waals surface area (Å²) in [7, 11) is 0. The van der Waals surface area contributed by atoms with E-state index in [4.69, 9.17) is 12.2 Å². The van der Waals surface area contributed by atoms with Crippen LogP contribution in [0.3, 0.4) is 0 Å². The minimum absolute atomic E-state index is 0.00351. The topological polar surface area (TPSA) is 113 Å². The minimum atomic E-state index is -0.470. The van der Waals surface area contributed by atoms with Crippen LogP contribution in [0.25, 0.3) is 0 Å². The van der Waals surface area contributed by atoms with Crippen LogP contribution < -0.4 is 10.9 Å². The Balaban J connectivity index is 2.14. The summed E-state index contributed by atoms with van der Waals surface area (Å²) >= 11 is 5.10. The number of aromatic amines is 1. The Hall–Kier alpha value is -2.94. The summed E-state index contributed by atoms with van der Waals surface area (Å²) in [5, 5.41) is 13.5. The second-order valence-corrected chi connectivity index (χ2v) is 5.05. The lowest BCUT2D eigenvalue weighted by Crippen LogP contribution is -2.16. The predicted octanol–water partition coefficient (Wildman–Crippen LogP) is 2.19. The van der Waals surface area contributed by atoms with Gasteiger partial charge in [0.25, 0.3) is 11.2 Å². The Morgan fingerprint density at radius 1 is 1.39 bits per heavy atom. The number of rotatable bonds is 3. The molecule has 0 saturated carbocycles. The zero-order chi connectivity index (χ0) is 17.0. The number of benzene rings is 1. The molecule has 1 heterocycles. The zero-order valence-corrected chi connectivity index (χ0v) is 13.2. The van der Waals surface area contributed by atoms with Crippen molar-refractivity contribution in [3.8, 4) is 0 Å². The number of non-ortho nitro benzene ring substituents is 1. The molecule has 0 fully saturated rings. The summed E-state index contributed by atoms with van der Waals surface area (Å²) in [4.78, 5) is 32.3. The van der Waals surface area contributed by atoms with Gasteiger partial charge in [0.05, 0.1) is 4.92 Å². The molecule has 8 nitrogen and oxygen atoms in total. The Morgan fingerprint density at radius 2 is 2.04 bits per heavy atom. The van der Waals surface area contributed by atoms with E-state index in [2.05, 4.69) is 20.3 Å². The Morgan fingerprint density at radius 3 is 2.61 bits per heavy atom. The molecule has 0 unspecified atom stereocenters. The number of nitrogens with zero attached hydrogens (tertiary/aromatic N) is 3. The molecule has 0 amide bonds. The van der Waals surface area contributed by atoms with Gasteiger partial charge in [-0.2, -0.15) is 0 Å². The highest BCUT2D eigenvalue weighted by atomic mass is 32.1. The van der Waals surface area contributed by atoms with Gasteiger partial charge >= 0.3 is 0 Å². The van der Waals surface area contributed by atoms with Gasteiger partial charge in [-0.15, -0.1) is 0 Å². The van der Waals surface area contributed by atoms with Gasteiger partial charge < -0.3 is 5.32 Å². The fourth-order valence-electron chi connectivity index (χ4n) is 1.81. The van der Waals surface area contributed by atoms with E-state index in [1.54, 1.807) is 26.0 Å². The molecule has 1 aromatic heterocycles. The Bertz CT molecular complexity index is 842. The minimum Gasteiger partial charge on any atom is -0.301 e. The van der Waals surface area contributed by atoms with E-state index in [0.29, 0.717) is 17.0 Å². The number of aliphatic imine (C=N–C) groups is 1. The van der Waals surface area contributed by atoms with Crippen molar-refractivity contribution >= 4 is 34.7 Å². The van der Waals surface area contributed by atoms with Crippen LogP contribution in [0.4, 0.5) is 11.6 Å². The van der Waals surface area contributed by atoms with Gasteiger partial charge in [-0.05, 0) is 43.8 Å². The fraction of sp³-hybridized carbons (Fsp3) is 0.143. The average Bonchev–Trinajstić information content (AvgIpc) is 2.45. The van der Waals surface area contributed by atoms with Crippen molar-refractivity contribution in [1.82, 2.24) is 9.97 Å². The maximum absolute atomic E-state index is 11.4. The summed E-state index contributed by atoms with van der Waals surface area (Å²) in [5.74, 6) is 0.209. The Labute approximate surface area is 136 Å². The monoisotopic (exact) mass is 331 g/mol. The largest absolute Gasteiger partial charge is 0.301 e. The number of hydrogen-bond donors (Lipinski definition) is 2. The molecule has 0 saturated heterocycles. The summed E-state index contributed by atoms with van der Waals surface area (Å²) in [6, 6.07) is 7.33. The van der Waals surface area contributed by atoms with E-state index in [1.165, 1.54) is 18.2 Å². The Kier molecular flexibility index (Phi) is 4.91. The maximum Gasteiger partial charge on any atom is 0.269 e. The molecular formula is C14H13N5O3S. The second-order valence-electron chi connectivity index (χ2n) is 4.67. The van der Waals surface area contributed by atoms with Crippen molar-refractivity contribution in [3.05, 3.63) is 62.1 Å². The summed E-state index contributed by atoms with van der Waals surface area (Å²) in [5.41, 5.74) is 1.54. The normalized spacial score (nSPS) is 11.1. The number of hydrogen-bond acceptors (Lipinski definition) is 5. The molecule has 0 aliphatic rings. The first-order valence-corrected chi connectivity index (χ1v) is 6.95. The smallest absolute Gasteiger partial charge is 0.269 e. The van der Waals surface area contributed by atoms with Crippen LogP contribution in [-0.4, -0.2) is 25.7 Å². The third-order valence-corrected chi connectivity index (χ3v) is 3.05. The molecule has 0 spiro atoms. The predicted molar refractivity (Wildman–Crippen MR) is 91.1 cm³/mol. The molecule has 2 rings (SSSR count). The lowest BCUT2D eigenvalue weighted by Gasteiger charge is -2.05. The van der Waals surface area contributed by atoms with E-state index in [9.17, 15) is 14.9 Å². The quantitative estimate of drug-likeness (QED) is 0.386. The third-order valence-electron chi connectivity index (χ3n) is 2.86. The average molecular weight is 331 g/mol. The van der Waals surface area contributed by atoms with E-state index >= 15 is 0 Å². The van der Waals surface area contributed by atoms with Gasteiger partial charge in [0.15, 0.2) is 5.11 Å². The molecular weight excluding hydrogens is 318 g/mol. The van der Waals surface area contributed by atoms with Crippen molar-refractivity contribution in [1.29, 1.82) is 0 Å². The maximum atomic E-state index is 11.4. The second kappa shape index (κ2) is 6.88. The molecule has 0 aliphatic heterocycles. The first-order valence-electron chi connectivity index (χ1n) is 6.54. The summed E-state index contributed by atoms with van der Waals surface area (Å²) in [6.07, 6.45) is 0. The molecule has 23 heavy (non-hydrogen) atoms. The number of thiocarbonyl (C=S) groups is 1. The van der Waals surface area contributed by atoms with Gasteiger partial charge in [0.1, 0.15) is 0 Å². The molecule has 2 N–H and O–H groups in total. The van der Waals surface area contributed by atoms with Crippen LogP contribution in [0.5, 0.6) is 0 Å². The number of H-pyrrole nitrogens is 1. The zero-order valence-electron chi connectivity index (χ0n) is 12.4. The first kappa shape index (κ1) is 16.4. The fourth-order valence-corrected chi connectivity index (χ4v) is 2.04. The standard InChI is InChI=1S/C14H13N5O3S/c1-8-7-12(20)17-13(15-8)18-14(23)16-9(2)10-3-5-11(6-4-10)19(21)22/h3-7H,1-2H3,(H2,15,17,18,20,23). The van der Waals surface area contributed by atoms with Gasteiger partial charge in [0.2, 0.25) is 5.95 Å². The van der Waals surface area contributed by atoms with Gasteiger partial charge in [-0.25, -0.2) is 9.98 Å². The van der Waals surface area contributed by atoms with Crippen molar-refractivity contribution in [3.63, 3.8) is 0 Å². The molecule has 0 atom stereocenters. The summed E-state index contributed by atoms with van der Waals surface area (Å²) < 4.78 is 0. The molecule has 0 aliphatic carbocycles. The highest BCUT2D eigenvalue weighted by molar-refractivity contribution is 7.80. The van der Waals surface area contributed by atoms with E-state index in [1.807, 2.05) is 0 Å². The lowest BCUT2D eigenvalue weighted by molar-refractivity contribution is -0.384. The molecule has 9 heteroatoms. The molecule has 0 bridgehead atoms. The van der Waals surface area contributed by atoms with Crippen molar-refractivity contribution < 1.29 is 4.92 Å². The highest BCUT2D eigenvalue weighted by Crippen LogP contribution is 2.12. The van der Waals surface area contributed by atoms with E-state index in [-0.39, 0.29) is 22.3 Å². The molecule has 2 aromatic rings. The van der Waals surface area contributed by atoms with Gasteiger partial charge in [0, 0.05) is 29.6 Å². The number of nitro benzene ring substituents is 1. The SMILES string of the molecule is CC(=NC(=S)Nc1nc(C)cc(=O)[nH]1)c1ccc([N+](=O)[O-])cc1. The van der Waals surface area contributed by atoms with Crippen LogP contribution in [0.1, 0.15) is 18.2 Å². The number of nitrogens with one attached hydrogen (secondary N) is 2. The number of aromatic nitrogens is 2. The summed E-state index contributed by atoms with van der Waals surface area (Å²) in [6.45, 7) is 3.41. The number of anilines is 1. The van der Waals surface area contributed by atoms with Crippen LogP contribution in [0.2, 0.25) is 0 Å². The van der Waals surface area contributed by atoms with Crippen LogP contribution in [-0.2, 0) is 0 Å². The molecule has 1 aromatic carbocycles.